The summed E-state index contributed by atoms with van der Waals surface area (Å²) < 4.78 is 29.7. The van der Waals surface area contributed by atoms with Gasteiger partial charge in [0.05, 0.1) is 0 Å². The molecule has 0 saturated carbocycles. The van der Waals surface area contributed by atoms with E-state index in [9.17, 15) is 14.0 Å². The fraction of sp³-hybridized carbons (Fsp3) is 0.263. The van der Waals surface area contributed by atoms with E-state index >= 15 is 0 Å². The molecule has 136 valence electrons. The standard InChI is InChI=1S/C19H18FNO5/c1-11-7-8-13(9-14(11)20)21-18(22)12(2)25-19(23)17-10-24-15-5-3-4-6-16(15)26-17/h3-9,12,17H,10H2,1-2H3,(H,21,22)/t12-,17+/m0/s1. The number of aryl methyl sites for hydroxylation is 1. The molecule has 26 heavy (non-hydrogen) atoms. The lowest BCUT2D eigenvalue weighted by Gasteiger charge is -2.25. The molecule has 1 N–H and O–H groups in total. The second-order valence-electron chi connectivity index (χ2n) is 5.90. The number of anilines is 1. The van der Waals surface area contributed by atoms with Gasteiger partial charge in [-0.15, -0.1) is 0 Å². The Morgan fingerprint density at radius 3 is 2.69 bits per heavy atom. The topological polar surface area (TPSA) is 73.9 Å². The molecule has 0 unspecified atom stereocenters. The van der Waals surface area contributed by atoms with Gasteiger partial charge in [-0.3, -0.25) is 4.79 Å². The number of carbonyl (C=O) groups excluding carboxylic acids is 2. The van der Waals surface area contributed by atoms with E-state index in [2.05, 4.69) is 5.32 Å². The Hall–Kier alpha value is -3.09. The Morgan fingerprint density at radius 1 is 1.23 bits per heavy atom. The van der Waals surface area contributed by atoms with E-state index in [1.165, 1.54) is 13.0 Å². The van der Waals surface area contributed by atoms with Gasteiger partial charge >= 0.3 is 5.97 Å². The maximum absolute atomic E-state index is 13.5. The molecule has 0 bridgehead atoms. The fourth-order valence-corrected chi connectivity index (χ4v) is 2.35. The van der Waals surface area contributed by atoms with Crippen LogP contribution in [0.3, 0.4) is 0 Å². The summed E-state index contributed by atoms with van der Waals surface area (Å²) in [5.41, 5.74) is 0.754. The summed E-state index contributed by atoms with van der Waals surface area (Å²) in [6.45, 7) is 3.04. The molecule has 2 aromatic carbocycles. The predicted molar refractivity (Wildman–Crippen MR) is 91.7 cm³/mol. The number of fused-ring (bicyclic) bond motifs is 1. The molecule has 3 rings (SSSR count). The van der Waals surface area contributed by atoms with Crippen LogP contribution < -0.4 is 14.8 Å². The van der Waals surface area contributed by atoms with Gasteiger partial charge < -0.3 is 19.5 Å². The minimum absolute atomic E-state index is 0.00659. The van der Waals surface area contributed by atoms with Crippen LogP contribution in [0.2, 0.25) is 0 Å². The van der Waals surface area contributed by atoms with Crippen molar-refractivity contribution in [1.29, 1.82) is 0 Å². The third-order valence-corrected chi connectivity index (χ3v) is 3.87. The summed E-state index contributed by atoms with van der Waals surface area (Å²) in [5, 5.41) is 2.51. The van der Waals surface area contributed by atoms with E-state index in [-0.39, 0.29) is 12.3 Å². The Balaban J connectivity index is 1.57. The number of para-hydroxylation sites is 2. The normalized spacial score (nSPS) is 16.5. The van der Waals surface area contributed by atoms with Gasteiger partial charge in [0.2, 0.25) is 6.10 Å². The van der Waals surface area contributed by atoms with E-state index in [4.69, 9.17) is 14.2 Å². The molecule has 0 saturated heterocycles. The number of esters is 1. The van der Waals surface area contributed by atoms with Crippen LogP contribution in [0.1, 0.15) is 12.5 Å². The molecule has 2 aromatic rings. The zero-order valence-electron chi connectivity index (χ0n) is 14.3. The Bertz CT molecular complexity index is 838. The molecule has 0 aliphatic carbocycles. The molecule has 6 nitrogen and oxygen atoms in total. The summed E-state index contributed by atoms with van der Waals surface area (Å²) in [4.78, 5) is 24.3. The highest BCUT2D eigenvalue weighted by atomic mass is 19.1. The summed E-state index contributed by atoms with van der Waals surface area (Å²) >= 11 is 0. The van der Waals surface area contributed by atoms with Crippen LogP contribution >= 0.6 is 0 Å². The van der Waals surface area contributed by atoms with Crippen LogP contribution in [0.25, 0.3) is 0 Å². The van der Waals surface area contributed by atoms with Gasteiger partial charge in [0.1, 0.15) is 12.4 Å². The molecular formula is C19H18FNO5. The molecule has 0 aromatic heterocycles. The van der Waals surface area contributed by atoms with E-state index in [0.29, 0.717) is 17.1 Å². The maximum Gasteiger partial charge on any atom is 0.351 e. The van der Waals surface area contributed by atoms with Crippen molar-refractivity contribution in [2.24, 2.45) is 0 Å². The van der Waals surface area contributed by atoms with Crippen molar-refractivity contribution in [3.8, 4) is 11.5 Å². The van der Waals surface area contributed by atoms with Crippen molar-refractivity contribution in [3.63, 3.8) is 0 Å². The largest absolute Gasteiger partial charge is 0.485 e. The summed E-state index contributed by atoms with van der Waals surface area (Å²) in [6, 6.07) is 11.3. The smallest absolute Gasteiger partial charge is 0.351 e. The SMILES string of the molecule is Cc1ccc(NC(=O)[C@H](C)OC(=O)[C@H]2COc3ccccc3O2)cc1F. The second kappa shape index (κ2) is 7.43. The highest BCUT2D eigenvalue weighted by molar-refractivity contribution is 5.95. The van der Waals surface area contributed by atoms with Crippen molar-refractivity contribution in [2.75, 3.05) is 11.9 Å². The maximum atomic E-state index is 13.5. The Kier molecular flexibility index (Phi) is 5.06. The highest BCUT2D eigenvalue weighted by Crippen LogP contribution is 2.31. The van der Waals surface area contributed by atoms with Crippen molar-refractivity contribution < 1.29 is 28.2 Å². The summed E-state index contributed by atoms with van der Waals surface area (Å²) in [7, 11) is 0. The van der Waals surface area contributed by atoms with E-state index in [1.807, 2.05) is 0 Å². The lowest BCUT2D eigenvalue weighted by atomic mass is 10.2. The van der Waals surface area contributed by atoms with Gasteiger partial charge in [0.15, 0.2) is 17.6 Å². The van der Waals surface area contributed by atoms with Crippen LogP contribution in [0.15, 0.2) is 42.5 Å². The molecule has 0 radical (unpaired) electrons. The van der Waals surface area contributed by atoms with Gasteiger partial charge in [-0.25, -0.2) is 9.18 Å². The molecule has 1 amide bonds. The number of hydrogen-bond donors (Lipinski definition) is 1. The van der Waals surface area contributed by atoms with Crippen LogP contribution in [0.5, 0.6) is 11.5 Å². The summed E-state index contributed by atoms with van der Waals surface area (Å²) in [6.07, 6.45) is -2.04. The fourth-order valence-electron chi connectivity index (χ4n) is 2.35. The highest BCUT2D eigenvalue weighted by Gasteiger charge is 2.31. The average molecular weight is 359 g/mol. The zero-order valence-corrected chi connectivity index (χ0v) is 14.3. The third-order valence-electron chi connectivity index (χ3n) is 3.87. The molecule has 7 heteroatoms. The quantitative estimate of drug-likeness (QED) is 0.850. The lowest BCUT2D eigenvalue weighted by molar-refractivity contribution is -0.162. The number of nitrogens with one attached hydrogen (secondary N) is 1. The average Bonchev–Trinajstić information content (AvgIpc) is 2.64. The monoisotopic (exact) mass is 359 g/mol. The van der Waals surface area contributed by atoms with Crippen LogP contribution in [0, 0.1) is 12.7 Å². The number of carbonyl (C=O) groups is 2. The number of amides is 1. The minimum atomic E-state index is -1.08. The minimum Gasteiger partial charge on any atom is -0.485 e. The number of benzene rings is 2. The van der Waals surface area contributed by atoms with E-state index in [0.717, 1.165) is 0 Å². The molecule has 1 heterocycles. The first-order chi connectivity index (χ1) is 12.4. The Morgan fingerprint density at radius 2 is 1.96 bits per heavy atom. The van der Waals surface area contributed by atoms with Crippen molar-refractivity contribution >= 4 is 17.6 Å². The number of ether oxygens (including phenoxy) is 3. The van der Waals surface area contributed by atoms with Crippen molar-refractivity contribution in [2.45, 2.75) is 26.1 Å². The van der Waals surface area contributed by atoms with Gasteiger partial charge in [0.25, 0.3) is 5.91 Å². The van der Waals surface area contributed by atoms with Crippen LogP contribution in [-0.4, -0.2) is 30.7 Å². The number of halogens is 1. The van der Waals surface area contributed by atoms with Gasteiger partial charge in [-0.2, -0.15) is 0 Å². The molecule has 2 atom stereocenters. The molecule has 0 fully saturated rings. The molecule has 1 aliphatic rings. The molecule has 0 spiro atoms. The van der Waals surface area contributed by atoms with E-state index in [1.54, 1.807) is 43.3 Å². The number of hydrogen-bond acceptors (Lipinski definition) is 5. The van der Waals surface area contributed by atoms with Gasteiger partial charge in [-0.05, 0) is 43.7 Å². The van der Waals surface area contributed by atoms with Crippen molar-refractivity contribution in [3.05, 3.63) is 53.8 Å². The first kappa shape index (κ1) is 17.7. The predicted octanol–water partition coefficient (Wildman–Crippen LogP) is 2.84. The van der Waals surface area contributed by atoms with Gasteiger partial charge in [0, 0.05) is 5.69 Å². The lowest BCUT2D eigenvalue weighted by Crippen LogP contribution is -2.41. The molecule has 1 aliphatic heterocycles. The third kappa shape index (κ3) is 3.93. The van der Waals surface area contributed by atoms with Crippen LogP contribution in [0.4, 0.5) is 10.1 Å². The van der Waals surface area contributed by atoms with Gasteiger partial charge in [-0.1, -0.05) is 18.2 Å². The van der Waals surface area contributed by atoms with Crippen molar-refractivity contribution in [1.82, 2.24) is 0 Å². The Labute approximate surface area is 149 Å². The zero-order chi connectivity index (χ0) is 18.7. The number of rotatable bonds is 4. The second-order valence-corrected chi connectivity index (χ2v) is 5.90. The van der Waals surface area contributed by atoms with E-state index < -0.39 is 29.9 Å². The summed E-state index contributed by atoms with van der Waals surface area (Å²) in [5.74, 6) is -0.730. The first-order valence-corrected chi connectivity index (χ1v) is 8.10. The first-order valence-electron chi connectivity index (χ1n) is 8.10. The molecular weight excluding hydrogens is 341 g/mol. The van der Waals surface area contributed by atoms with Crippen LogP contribution in [-0.2, 0) is 14.3 Å².